The van der Waals surface area contributed by atoms with Crippen LogP contribution in [0.5, 0.6) is 0 Å². The first-order valence-electron chi connectivity index (χ1n) is 13.8. The molecule has 3 heterocycles. The van der Waals surface area contributed by atoms with Gasteiger partial charge in [-0.2, -0.15) is 27.7 Å². The maximum atomic E-state index is 13.4. The molecule has 0 radical (unpaired) electrons. The number of carbonyl (C=O) groups excluding carboxylic acids is 1. The summed E-state index contributed by atoms with van der Waals surface area (Å²) in [6, 6.07) is 10.5. The third-order valence-electron chi connectivity index (χ3n) is 8.15. The Morgan fingerprint density at radius 2 is 1.91 bits per heavy atom. The van der Waals surface area contributed by atoms with Crippen LogP contribution in [-0.2, 0) is 30.9 Å². The van der Waals surface area contributed by atoms with Crippen LogP contribution in [0.15, 0.2) is 66.0 Å². The van der Waals surface area contributed by atoms with Crippen LogP contribution < -0.4 is 0 Å². The number of ether oxygens (including phenoxy) is 1. The lowest BCUT2D eigenvalue weighted by molar-refractivity contribution is -0.137. The first kappa shape index (κ1) is 29.4. The van der Waals surface area contributed by atoms with Crippen LogP contribution in [0.4, 0.5) is 13.2 Å². The summed E-state index contributed by atoms with van der Waals surface area (Å²) in [6.07, 6.45) is 1.89. The zero-order valence-corrected chi connectivity index (χ0v) is 24.6. The highest BCUT2D eigenvalue weighted by atomic mass is 32.3. The molecule has 2 aromatic heterocycles. The molecular weight excluding hydrogens is 583 g/mol. The Morgan fingerprint density at radius 1 is 1.12 bits per heavy atom. The predicted octanol–water partition coefficient (Wildman–Crippen LogP) is 6.40. The molecule has 1 aliphatic carbocycles. The fourth-order valence-electron chi connectivity index (χ4n) is 6.04. The van der Waals surface area contributed by atoms with Crippen molar-refractivity contribution in [1.82, 2.24) is 23.9 Å². The van der Waals surface area contributed by atoms with Crippen molar-refractivity contribution in [3.8, 4) is 5.69 Å². The number of methoxy groups -OCH3 is 1. The predicted molar refractivity (Wildman–Crippen MR) is 154 cm³/mol. The maximum Gasteiger partial charge on any atom is 0.416 e. The van der Waals surface area contributed by atoms with Crippen LogP contribution in [0.25, 0.3) is 5.69 Å². The summed E-state index contributed by atoms with van der Waals surface area (Å²) in [5.74, 6) is -0.394. The number of aromatic nitrogens is 4. The molecule has 1 saturated carbocycles. The zero-order chi connectivity index (χ0) is 30.7. The fourth-order valence-corrected chi connectivity index (χ4v) is 7.86. The topological polar surface area (TPSA) is 106 Å². The zero-order valence-electron chi connectivity index (χ0n) is 23.8. The molecule has 1 aliphatic heterocycles. The van der Waals surface area contributed by atoms with Crippen LogP contribution in [0, 0.1) is 5.92 Å². The van der Waals surface area contributed by atoms with Gasteiger partial charge in [0.15, 0.2) is 0 Å². The van der Waals surface area contributed by atoms with Gasteiger partial charge in [-0.15, -0.1) is 10.8 Å². The molecule has 1 fully saturated rings. The maximum absolute atomic E-state index is 13.4. The van der Waals surface area contributed by atoms with Crippen molar-refractivity contribution in [2.24, 2.45) is 13.0 Å². The molecule has 3 atom stereocenters. The van der Waals surface area contributed by atoms with Crippen LogP contribution >= 0.6 is 10.8 Å². The Morgan fingerprint density at radius 3 is 2.60 bits per heavy atom. The molecular formula is C30H32F3N5O4S. The van der Waals surface area contributed by atoms with Gasteiger partial charge in [0.05, 0.1) is 41.3 Å². The fraction of sp³-hybridized carbons (Fsp3) is 0.367. The van der Waals surface area contributed by atoms with Crippen molar-refractivity contribution >= 4 is 16.7 Å². The molecule has 9 nitrogen and oxygen atoms in total. The van der Waals surface area contributed by atoms with Gasteiger partial charge >= 0.3 is 12.1 Å². The lowest BCUT2D eigenvalue weighted by Gasteiger charge is -2.43. The molecule has 2 N–H and O–H groups in total. The van der Waals surface area contributed by atoms with E-state index in [1.807, 2.05) is 50.6 Å². The molecule has 3 unspecified atom stereocenters. The van der Waals surface area contributed by atoms with Crippen molar-refractivity contribution in [3.63, 3.8) is 0 Å². The highest BCUT2D eigenvalue weighted by Crippen LogP contribution is 2.57. The summed E-state index contributed by atoms with van der Waals surface area (Å²) < 4.78 is 73.0. The average molecular weight is 616 g/mol. The van der Waals surface area contributed by atoms with E-state index in [9.17, 15) is 27.1 Å². The quantitative estimate of drug-likeness (QED) is 0.242. The second kappa shape index (κ2) is 10.8. The molecule has 13 heteroatoms. The largest absolute Gasteiger partial charge is 0.465 e. The number of aryl methyl sites for hydroxylation is 1. The van der Waals surface area contributed by atoms with Crippen molar-refractivity contribution in [3.05, 3.63) is 94.6 Å². The summed E-state index contributed by atoms with van der Waals surface area (Å²) >= 11 is 0. The lowest BCUT2D eigenvalue weighted by atomic mass is 9.99. The Hall–Kier alpha value is -3.65. The highest BCUT2D eigenvalue weighted by molar-refractivity contribution is 8.22. The van der Waals surface area contributed by atoms with Gasteiger partial charge in [0, 0.05) is 32.3 Å². The number of alkyl halides is 3. The molecule has 0 spiro atoms. The van der Waals surface area contributed by atoms with Gasteiger partial charge in [0.1, 0.15) is 5.56 Å². The minimum atomic E-state index is -4.52. The Bertz CT molecular complexity index is 1680. The monoisotopic (exact) mass is 615 g/mol. The number of hydrogen-bond acceptors (Lipinski definition) is 7. The van der Waals surface area contributed by atoms with E-state index in [1.165, 1.54) is 19.4 Å². The Labute approximate surface area is 248 Å². The third-order valence-corrected chi connectivity index (χ3v) is 10.1. The number of rotatable bonds is 6. The molecule has 6 rings (SSSR count). The van der Waals surface area contributed by atoms with Gasteiger partial charge in [-0.25, -0.2) is 9.48 Å². The summed E-state index contributed by atoms with van der Waals surface area (Å²) in [7, 11) is -0.386. The second-order valence-corrected chi connectivity index (χ2v) is 13.4. The van der Waals surface area contributed by atoms with Gasteiger partial charge < -0.3 is 4.74 Å². The summed E-state index contributed by atoms with van der Waals surface area (Å²) in [5, 5.41) is 8.82. The molecule has 2 aliphatic rings. The second-order valence-electron chi connectivity index (χ2n) is 11.4. The lowest BCUT2D eigenvalue weighted by Crippen LogP contribution is -2.30. The molecule has 4 aromatic rings. The van der Waals surface area contributed by atoms with E-state index < -0.39 is 28.5 Å². The van der Waals surface area contributed by atoms with Crippen LogP contribution in [-0.4, -0.2) is 52.6 Å². The van der Waals surface area contributed by atoms with Crippen molar-refractivity contribution in [2.45, 2.75) is 49.2 Å². The molecule has 43 heavy (non-hydrogen) atoms. The van der Waals surface area contributed by atoms with Gasteiger partial charge in [-0.1, -0.05) is 19.1 Å². The molecule has 2 aromatic carbocycles. The Balaban J connectivity index is 1.32. The summed E-state index contributed by atoms with van der Waals surface area (Å²) in [5.41, 5.74) is 3.12. The number of halogens is 3. The van der Waals surface area contributed by atoms with Crippen LogP contribution in [0.3, 0.4) is 0 Å². The first-order valence-corrected chi connectivity index (χ1v) is 15.3. The highest BCUT2D eigenvalue weighted by Gasteiger charge is 2.45. The minimum absolute atomic E-state index is 0.0287. The number of nitrogens with zero attached hydrogens (tertiary/aromatic N) is 5. The van der Waals surface area contributed by atoms with E-state index >= 15 is 0 Å². The minimum Gasteiger partial charge on any atom is -0.465 e. The number of benzene rings is 2. The summed E-state index contributed by atoms with van der Waals surface area (Å²) in [4.78, 5) is 12.8. The number of hydrogen-bond donors (Lipinski definition) is 2. The number of carbonyl (C=O) groups is 1. The van der Waals surface area contributed by atoms with Crippen molar-refractivity contribution < 1.29 is 31.8 Å². The molecule has 0 bridgehead atoms. The third kappa shape index (κ3) is 5.57. The smallest absolute Gasteiger partial charge is 0.416 e. The van der Waals surface area contributed by atoms with E-state index in [0.29, 0.717) is 16.8 Å². The first-order chi connectivity index (χ1) is 20.4. The van der Waals surface area contributed by atoms with E-state index in [4.69, 9.17) is 4.74 Å². The van der Waals surface area contributed by atoms with E-state index in [0.717, 1.165) is 35.4 Å². The summed E-state index contributed by atoms with van der Waals surface area (Å²) in [6.45, 7) is 2.30. The van der Waals surface area contributed by atoms with Gasteiger partial charge in [0.25, 0.3) is 0 Å². The molecule has 0 saturated heterocycles. The molecule has 228 valence electrons. The normalized spacial score (nSPS) is 22.5. The number of fused-ring (bicyclic) bond motifs is 1. The van der Waals surface area contributed by atoms with Crippen molar-refractivity contribution in [1.29, 1.82) is 0 Å². The Kier molecular flexibility index (Phi) is 7.40. The number of esters is 1. The molecule has 0 amide bonds. The van der Waals surface area contributed by atoms with Gasteiger partial charge in [-0.05, 0) is 71.7 Å². The van der Waals surface area contributed by atoms with E-state index in [-0.39, 0.29) is 42.2 Å². The van der Waals surface area contributed by atoms with Crippen LogP contribution in [0.1, 0.15) is 63.5 Å². The van der Waals surface area contributed by atoms with E-state index in [2.05, 4.69) is 10.2 Å². The van der Waals surface area contributed by atoms with Crippen LogP contribution in [0.2, 0.25) is 0 Å². The standard InChI is InChI=1S/C30H32F3N5O4S/c1-18-9-20-11-22(30(31,32)33)7-8-27(20)43(40,41)37(15-18)16-19-5-4-6-23(10-19)38-28(26(14-35-38)29(39)42-3)25-12-24(25)21-13-34-36(2)17-21/h4-8,10-11,13-14,17-18,24-25,40-41H,9,12,15-16H2,1-3H3. The SMILES string of the molecule is COC(=O)c1cnn(-c2cccc(CN3CC(C)Cc4cc(C(F)(F)F)ccc4S3(O)O)c2)c1C1CC1c1cnn(C)c1. The average Bonchev–Trinajstić information content (AvgIpc) is 3.43. The van der Waals surface area contributed by atoms with Gasteiger partial charge in [-0.3, -0.25) is 13.8 Å². The van der Waals surface area contributed by atoms with Gasteiger partial charge in [0.2, 0.25) is 0 Å². The van der Waals surface area contributed by atoms with Crippen molar-refractivity contribution in [2.75, 3.05) is 13.7 Å². The van der Waals surface area contributed by atoms with E-state index in [1.54, 1.807) is 13.7 Å².